The monoisotopic (exact) mass is 496 g/mol. The Balaban J connectivity index is 1.55. The van der Waals surface area contributed by atoms with Crippen LogP contribution in [-0.2, 0) is 4.79 Å². The Hall–Kier alpha value is -3.92. The number of primary amides is 1. The predicted octanol–water partition coefficient (Wildman–Crippen LogP) is 4.47. The van der Waals surface area contributed by atoms with Gasteiger partial charge >= 0.3 is 6.03 Å². The molecular formula is C26H29FN4O5. The van der Waals surface area contributed by atoms with E-state index in [0.29, 0.717) is 39.7 Å². The summed E-state index contributed by atoms with van der Waals surface area (Å²) >= 11 is 0. The van der Waals surface area contributed by atoms with Gasteiger partial charge in [0.25, 0.3) is 0 Å². The first kappa shape index (κ1) is 25.2. The van der Waals surface area contributed by atoms with E-state index in [0.717, 1.165) is 32.6 Å². The van der Waals surface area contributed by atoms with E-state index in [2.05, 4.69) is 9.88 Å². The zero-order valence-electron chi connectivity index (χ0n) is 20.3. The highest BCUT2D eigenvalue weighted by Crippen LogP contribution is 2.38. The van der Waals surface area contributed by atoms with Crippen molar-refractivity contribution in [1.82, 2.24) is 9.88 Å². The van der Waals surface area contributed by atoms with Crippen LogP contribution in [0.25, 0.3) is 10.9 Å². The van der Waals surface area contributed by atoms with E-state index in [1.807, 2.05) is 0 Å². The molecule has 2 heterocycles. The molecule has 1 aromatic heterocycles. The molecule has 9 nitrogen and oxygen atoms in total. The lowest BCUT2D eigenvalue weighted by molar-refractivity contribution is -0.115. The Kier molecular flexibility index (Phi) is 7.84. The van der Waals surface area contributed by atoms with Crippen molar-refractivity contribution in [3.05, 3.63) is 48.4 Å². The van der Waals surface area contributed by atoms with Gasteiger partial charge in [0.2, 0.25) is 5.91 Å². The number of pyridine rings is 1. The molecule has 4 rings (SSSR count). The molecule has 2 N–H and O–H groups in total. The number of anilines is 1. The summed E-state index contributed by atoms with van der Waals surface area (Å²) in [7, 11) is 1.55. The third kappa shape index (κ3) is 5.65. The molecule has 0 unspecified atom stereocenters. The number of hydrogen-bond donors (Lipinski definition) is 1. The molecule has 0 bridgehead atoms. The van der Waals surface area contributed by atoms with Gasteiger partial charge in [-0.15, -0.1) is 0 Å². The number of hydrogen-bond acceptors (Lipinski definition) is 7. The number of aromatic nitrogens is 1. The molecule has 1 aliphatic heterocycles. The molecule has 10 heteroatoms. The highest BCUT2D eigenvalue weighted by molar-refractivity contribution is 6.12. The van der Waals surface area contributed by atoms with E-state index in [4.69, 9.17) is 19.9 Å². The van der Waals surface area contributed by atoms with E-state index >= 15 is 0 Å². The molecular weight excluding hydrogens is 467 g/mol. The second-order valence-corrected chi connectivity index (χ2v) is 8.49. The summed E-state index contributed by atoms with van der Waals surface area (Å²) < 4.78 is 32.2. The summed E-state index contributed by atoms with van der Waals surface area (Å²) in [5, 5.41) is 0.601. The summed E-state index contributed by atoms with van der Waals surface area (Å²) in [5.74, 6) is -0.0686. The number of carbonyl (C=O) groups is 2. The number of likely N-dealkylation sites (tertiary alicyclic amines) is 1. The SMILES string of the molecule is COc1cc2c(Oc3ccc(N(C(C)=O)C(N)=O)cc3F)ccnc2cc1OCCN1CCCCC1. The van der Waals surface area contributed by atoms with Crippen molar-refractivity contribution in [1.29, 1.82) is 0 Å². The summed E-state index contributed by atoms with van der Waals surface area (Å²) in [4.78, 5) is 30.7. The molecule has 1 saturated heterocycles. The molecule has 190 valence electrons. The molecule has 3 aromatic rings. The van der Waals surface area contributed by atoms with E-state index in [1.54, 1.807) is 31.5 Å². The topological polar surface area (TPSA) is 107 Å². The number of nitrogens with two attached hydrogens (primary N) is 1. The third-order valence-corrected chi connectivity index (χ3v) is 6.03. The van der Waals surface area contributed by atoms with E-state index in [9.17, 15) is 14.0 Å². The highest BCUT2D eigenvalue weighted by Gasteiger charge is 2.20. The maximum Gasteiger partial charge on any atom is 0.326 e. The maximum absolute atomic E-state index is 14.8. The molecule has 2 aromatic carbocycles. The molecule has 3 amide bonds. The lowest BCUT2D eigenvalue weighted by Gasteiger charge is -2.26. The minimum absolute atomic E-state index is 0.00690. The fraction of sp³-hybridized carbons (Fsp3) is 0.346. The zero-order valence-corrected chi connectivity index (χ0v) is 20.3. The Morgan fingerprint density at radius 1 is 1.06 bits per heavy atom. The van der Waals surface area contributed by atoms with Gasteiger partial charge in [0, 0.05) is 37.2 Å². The van der Waals surface area contributed by atoms with Crippen LogP contribution in [-0.4, -0.2) is 55.2 Å². The van der Waals surface area contributed by atoms with E-state index in [-0.39, 0.29) is 11.4 Å². The van der Waals surface area contributed by atoms with Crippen LogP contribution in [0.1, 0.15) is 26.2 Å². The minimum Gasteiger partial charge on any atom is -0.493 e. The first-order valence-electron chi connectivity index (χ1n) is 11.8. The van der Waals surface area contributed by atoms with Crippen molar-refractivity contribution >= 4 is 28.5 Å². The quantitative estimate of drug-likeness (QED) is 0.490. The molecule has 0 spiro atoms. The molecule has 0 radical (unpaired) electrons. The lowest BCUT2D eigenvalue weighted by atomic mass is 10.1. The molecule has 1 aliphatic rings. The number of imide groups is 1. The first-order valence-corrected chi connectivity index (χ1v) is 11.8. The predicted molar refractivity (Wildman–Crippen MR) is 133 cm³/mol. The number of urea groups is 1. The Morgan fingerprint density at radius 2 is 1.83 bits per heavy atom. The number of fused-ring (bicyclic) bond motifs is 1. The second-order valence-electron chi connectivity index (χ2n) is 8.49. The third-order valence-electron chi connectivity index (χ3n) is 6.03. The fourth-order valence-electron chi connectivity index (χ4n) is 4.25. The van der Waals surface area contributed by atoms with Crippen LogP contribution in [0.4, 0.5) is 14.9 Å². The number of rotatable bonds is 8. The van der Waals surface area contributed by atoms with Gasteiger partial charge in [-0.25, -0.2) is 14.1 Å². The summed E-state index contributed by atoms with van der Waals surface area (Å²) in [5.41, 5.74) is 5.83. The van der Waals surface area contributed by atoms with Gasteiger partial charge in [0.1, 0.15) is 12.4 Å². The molecule has 0 atom stereocenters. The van der Waals surface area contributed by atoms with Gasteiger partial charge in [-0.1, -0.05) is 6.42 Å². The van der Waals surface area contributed by atoms with Crippen LogP contribution in [0.2, 0.25) is 0 Å². The summed E-state index contributed by atoms with van der Waals surface area (Å²) in [6, 6.07) is 7.83. The van der Waals surface area contributed by atoms with Gasteiger partial charge in [-0.3, -0.25) is 14.7 Å². The number of benzene rings is 2. The smallest absolute Gasteiger partial charge is 0.326 e. The average molecular weight is 497 g/mol. The van der Waals surface area contributed by atoms with Crippen LogP contribution in [0, 0.1) is 5.82 Å². The normalized spacial score (nSPS) is 13.9. The van der Waals surface area contributed by atoms with Crippen molar-refractivity contribution < 1.29 is 28.2 Å². The maximum atomic E-state index is 14.8. The number of ether oxygens (including phenoxy) is 3. The Labute approximate surface area is 208 Å². The molecule has 1 fully saturated rings. The fourth-order valence-corrected chi connectivity index (χ4v) is 4.25. The largest absolute Gasteiger partial charge is 0.493 e. The van der Waals surface area contributed by atoms with E-state index < -0.39 is 17.8 Å². The van der Waals surface area contributed by atoms with Crippen molar-refractivity contribution in [2.24, 2.45) is 5.73 Å². The van der Waals surface area contributed by atoms with Gasteiger partial charge in [-0.05, 0) is 50.2 Å². The van der Waals surface area contributed by atoms with Gasteiger partial charge in [-0.2, -0.15) is 0 Å². The average Bonchev–Trinajstić information content (AvgIpc) is 2.85. The van der Waals surface area contributed by atoms with Crippen LogP contribution in [0.5, 0.6) is 23.0 Å². The number of halogens is 1. The Morgan fingerprint density at radius 3 is 2.50 bits per heavy atom. The van der Waals surface area contributed by atoms with Gasteiger partial charge < -0.3 is 19.9 Å². The summed E-state index contributed by atoms with van der Waals surface area (Å²) in [6.07, 6.45) is 5.27. The molecule has 0 saturated carbocycles. The minimum atomic E-state index is -1.00. The second kappa shape index (κ2) is 11.2. The standard InChI is InChI=1S/C26H29FN4O5/c1-17(32)31(26(28)33)18-6-7-23(20(27)14-18)36-22-8-9-29-21-16-25(24(34-2)15-19(21)22)35-13-12-30-10-4-3-5-11-30/h6-9,14-16H,3-5,10-13H2,1-2H3,(H2,28,33). The van der Waals surface area contributed by atoms with Crippen molar-refractivity contribution in [3.63, 3.8) is 0 Å². The molecule has 0 aliphatic carbocycles. The lowest BCUT2D eigenvalue weighted by Crippen LogP contribution is -2.39. The van der Waals surface area contributed by atoms with Gasteiger partial charge in [0.15, 0.2) is 23.1 Å². The van der Waals surface area contributed by atoms with Gasteiger partial charge in [0.05, 0.1) is 18.3 Å². The van der Waals surface area contributed by atoms with Crippen molar-refractivity contribution in [3.8, 4) is 23.0 Å². The van der Waals surface area contributed by atoms with E-state index in [1.165, 1.54) is 31.4 Å². The Bertz CT molecular complexity index is 1250. The van der Waals surface area contributed by atoms with Crippen LogP contribution < -0.4 is 24.8 Å². The van der Waals surface area contributed by atoms with Crippen LogP contribution >= 0.6 is 0 Å². The number of piperidine rings is 1. The molecule has 36 heavy (non-hydrogen) atoms. The van der Waals surface area contributed by atoms with Crippen LogP contribution in [0.3, 0.4) is 0 Å². The number of carbonyl (C=O) groups excluding carboxylic acids is 2. The van der Waals surface area contributed by atoms with Crippen LogP contribution in [0.15, 0.2) is 42.6 Å². The number of methoxy groups -OCH3 is 1. The highest BCUT2D eigenvalue weighted by atomic mass is 19.1. The first-order chi connectivity index (χ1) is 17.4. The number of amides is 3. The number of nitrogens with zero attached hydrogens (tertiary/aromatic N) is 3. The summed E-state index contributed by atoms with van der Waals surface area (Å²) in [6.45, 7) is 4.71. The van der Waals surface area contributed by atoms with Crippen molar-refractivity contribution in [2.75, 3.05) is 38.3 Å². The van der Waals surface area contributed by atoms with Crippen molar-refractivity contribution in [2.45, 2.75) is 26.2 Å². The zero-order chi connectivity index (χ0) is 25.7.